The van der Waals surface area contributed by atoms with Gasteiger partial charge in [-0.25, -0.2) is 14.8 Å². The smallest absolute Gasteiger partial charge is 0.343 e. The van der Waals surface area contributed by atoms with E-state index in [1.165, 1.54) is 19.6 Å². The second kappa shape index (κ2) is 5.92. The predicted molar refractivity (Wildman–Crippen MR) is 72.7 cm³/mol. The van der Waals surface area contributed by atoms with Crippen molar-refractivity contribution in [2.24, 2.45) is 0 Å². The fraction of sp³-hybridized carbons (Fsp3) is 0.182. The number of anilines is 1. The minimum absolute atomic E-state index is 0.327. The van der Waals surface area contributed by atoms with Gasteiger partial charge in [-0.3, -0.25) is 0 Å². The highest BCUT2D eigenvalue weighted by atomic mass is 79.9. The second-order valence-electron chi connectivity index (χ2n) is 3.32. The molecule has 0 aromatic carbocycles. The first kappa shape index (κ1) is 13.0. The molecule has 2 rings (SSSR count). The van der Waals surface area contributed by atoms with Gasteiger partial charge < -0.3 is 10.1 Å². The molecule has 0 unspecified atom stereocenters. The van der Waals surface area contributed by atoms with Crippen LogP contribution in [0.4, 0.5) is 5.82 Å². The predicted octanol–water partition coefficient (Wildman–Crippen LogP) is 2.70. The molecule has 5 nitrogen and oxygen atoms in total. The first-order chi connectivity index (χ1) is 8.72. The molecule has 0 fully saturated rings. The normalized spacial score (nSPS) is 10.1. The summed E-state index contributed by atoms with van der Waals surface area (Å²) in [5, 5.41) is 5.09. The Bertz CT molecular complexity index is 559. The van der Waals surface area contributed by atoms with Crippen LogP contribution in [-0.2, 0) is 11.3 Å². The summed E-state index contributed by atoms with van der Waals surface area (Å²) in [6, 6.07) is 1.98. The molecule has 1 N–H and O–H groups in total. The van der Waals surface area contributed by atoms with Crippen LogP contribution in [0, 0.1) is 0 Å². The molecule has 0 saturated heterocycles. The molecule has 94 valence electrons. The minimum Gasteiger partial charge on any atom is -0.465 e. The van der Waals surface area contributed by atoms with Gasteiger partial charge in [-0.2, -0.15) is 0 Å². The number of esters is 1. The van der Waals surface area contributed by atoms with E-state index in [-0.39, 0.29) is 0 Å². The Labute approximate surface area is 116 Å². The third-order valence-corrected chi connectivity index (χ3v) is 4.15. The summed E-state index contributed by atoms with van der Waals surface area (Å²) in [6.07, 6.45) is 2.82. The third kappa shape index (κ3) is 2.85. The fourth-order valence-corrected chi connectivity index (χ4v) is 2.78. The maximum atomic E-state index is 11.5. The SMILES string of the molecule is COC(=O)c1cncnc1NCc1sccc1Br. The number of ether oxygens (including phenoxy) is 1. The Hall–Kier alpha value is -1.47. The van der Waals surface area contributed by atoms with Crippen LogP contribution in [0.2, 0.25) is 0 Å². The van der Waals surface area contributed by atoms with Crippen molar-refractivity contribution in [1.29, 1.82) is 0 Å². The van der Waals surface area contributed by atoms with Gasteiger partial charge in [0.25, 0.3) is 0 Å². The lowest BCUT2D eigenvalue weighted by molar-refractivity contribution is 0.0601. The van der Waals surface area contributed by atoms with E-state index in [2.05, 4.69) is 36.0 Å². The molecular weight excluding hydrogens is 318 g/mol. The van der Waals surface area contributed by atoms with Gasteiger partial charge in [-0.1, -0.05) is 0 Å². The lowest BCUT2D eigenvalue weighted by Crippen LogP contribution is -2.10. The van der Waals surface area contributed by atoms with Crippen molar-refractivity contribution in [2.45, 2.75) is 6.54 Å². The summed E-state index contributed by atoms with van der Waals surface area (Å²) in [7, 11) is 1.33. The number of thiophene rings is 1. The summed E-state index contributed by atoms with van der Waals surface area (Å²) < 4.78 is 5.71. The van der Waals surface area contributed by atoms with Gasteiger partial charge in [0.15, 0.2) is 0 Å². The molecule has 0 atom stereocenters. The van der Waals surface area contributed by atoms with Crippen LogP contribution in [0.5, 0.6) is 0 Å². The summed E-state index contributed by atoms with van der Waals surface area (Å²) in [5.41, 5.74) is 0.327. The number of carbonyl (C=O) groups excluding carboxylic acids is 1. The number of halogens is 1. The summed E-state index contributed by atoms with van der Waals surface area (Å²) in [5.74, 6) is 0.0143. The highest BCUT2D eigenvalue weighted by molar-refractivity contribution is 9.10. The maximum Gasteiger partial charge on any atom is 0.343 e. The molecule has 0 amide bonds. The largest absolute Gasteiger partial charge is 0.465 e. The van der Waals surface area contributed by atoms with Gasteiger partial charge in [-0.05, 0) is 27.4 Å². The van der Waals surface area contributed by atoms with Gasteiger partial charge in [-0.15, -0.1) is 11.3 Å². The Morgan fingerprint density at radius 1 is 1.61 bits per heavy atom. The highest BCUT2D eigenvalue weighted by Crippen LogP contribution is 2.23. The lowest BCUT2D eigenvalue weighted by Gasteiger charge is -2.08. The van der Waals surface area contributed by atoms with Crippen molar-refractivity contribution in [3.63, 3.8) is 0 Å². The molecule has 0 aliphatic heterocycles. The average molecular weight is 328 g/mol. The van der Waals surface area contributed by atoms with Crippen molar-refractivity contribution in [3.8, 4) is 0 Å². The Morgan fingerprint density at radius 2 is 2.44 bits per heavy atom. The third-order valence-electron chi connectivity index (χ3n) is 2.23. The molecule has 7 heteroatoms. The van der Waals surface area contributed by atoms with Crippen LogP contribution in [0.3, 0.4) is 0 Å². The minimum atomic E-state index is -0.455. The second-order valence-corrected chi connectivity index (χ2v) is 5.18. The first-order valence-electron chi connectivity index (χ1n) is 5.06. The zero-order valence-electron chi connectivity index (χ0n) is 9.51. The first-order valence-corrected chi connectivity index (χ1v) is 6.73. The molecule has 0 saturated carbocycles. The van der Waals surface area contributed by atoms with Crippen LogP contribution in [0.15, 0.2) is 28.4 Å². The van der Waals surface area contributed by atoms with E-state index in [0.717, 1.165) is 9.35 Å². The number of nitrogens with zero attached hydrogens (tertiary/aromatic N) is 2. The fourth-order valence-electron chi connectivity index (χ4n) is 1.35. The molecule has 2 aromatic heterocycles. The quantitative estimate of drug-likeness (QED) is 0.875. The molecule has 0 aliphatic rings. The highest BCUT2D eigenvalue weighted by Gasteiger charge is 2.13. The lowest BCUT2D eigenvalue weighted by atomic mass is 10.3. The van der Waals surface area contributed by atoms with E-state index in [1.54, 1.807) is 11.3 Å². The number of methoxy groups -OCH3 is 1. The standard InChI is InChI=1S/C11H10BrN3O2S/c1-17-11(16)7-4-13-6-15-10(7)14-5-9-8(12)2-3-18-9/h2-4,6H,5H2,1H3,(H,13,14,15). The van der Waals surface area contributed by atoms with Gasteiger partial charge in [0.2, 0.25) is 0 Å². The van der Waals surface area contributed by atoms with Crippen LogP contribution >= 0.6 is 27.3 Å². The molecule has 0 bridgehead atoms. The van der Waals surface area contributed by atoms with Gasteiger partial charge >= 0.3 is 5.97 Å². The van der Waals surface area contributed by atoms with Crippen LogP contribution in [-0.4, -0.2) is 23.0 Å². The number of aromatic nitrogens is 2. The van der Waals surface area contributed by atoms with Gasteiger partial charge in [0, 0.05) is 15.5 Å². The molecule has 0 aliphatic carbocycles. The van der Waals surface area contributed by atoms with Crippen LogP contribution in [0.25, 0.3) is 0 Å². The van der Waals surface area contributed by atoms with E-state index in [4.69, 9.17) is 0 Å². The number of carbonyl (C=O) groups is 1. The Kier molecular flexibility index (Phi) is 4.27. The number of hydrogen-bond acceptors (Lipinski definition) is 6. The van der Waals surface area contributed by atoms with Crippen molar-refractivity contribution < 1.29 is 9.53 Å². The van der Waals surface area contributed by atoms with E-state index in [9.17, 15) is 4.79 Å². The van der Waals surface area contributed by atoms with E-state index < -0.39 is 5.97 Å². The van der Waals surface area contributed by atoms with Crippen molar-refractivity contribution in [3.05, 3.63) is 38.9 Å². The molecule has 0 spiro atoms. The average Bonchev–Trinajstić information content (AvgIpc) is 2.81. The summed E-state index contributed by atoms with van der Waals surface area (Å²) in [4.78, 5) is 20.5. The monoisotopic (exact) mass is 327 g/mol. The number of nitrogens with one attached hydrogen (secondary N) is 1. The van der Waals surface area contributed by atoms with Crippen LogP contribution < -0.4 is 5.32 Å². The zero-order chi connectivity index (χ0) is 13.0. The van der Waals surface area contributed by atoms with Gasteiger partial charge in [0.1, 0.15) is 17.7 Å². The maximum absolute atomic E-state index is 11.5. The van der Waals surface area contributed by atoms with Crippen molar-refractivity contribution >= 4 is 39.1 Å². The zero-order valence-corrected chi connectivity index (χ0v) is 11.9. The van der Waals surface area contributed by atoms with E-state index in [1.807, 2.05) is 11.4 Å². The molecular formula is C11H10BrN3O2S. The summed E-state index contributed by atoms with van der Waals surface area (Å²) >= 11 is 5.07. The Balaban J connectivity index is 2.14. The van der Waals surface area contributed by atoms with E-state index in [0.29, 0.717) is 17.9 Å². The summed E-state index contributed by atoms with van der Waals surface area (Å²) in [6.45, 7) is 0.583. The number of rotatable bonds is 4. The molecule has 0 radical (unpaired) electrons. The molecule has 2 heterocycles. The molecule has 2 aromatic rings. The topological polar surface area (TPSA) is 64.1 Å². The van der Waals surface area contributed by atoms with Gasteiger partial charge in [0.05, 0.1) is 13.7 Å². The Morgan fingerprint density at radius 3 is 3.11 bits per heavy atom. The van der Waals surface area contributed by atoms with Crippen molar-refractivity contribution in [1.82, 2.24) is 9.97 Å². The van der Waals surface area contributed by atoms with E-state index >= 15 is 0 Å². The molecule has 18 heavy (non-hydrogen) atoms. The van der Waals surface area contributed by atoms with Crippen LogP contribution in [0.1, 0.15) is 15.2 Å². The number of hydrogen-bond donors (Lipinski definition) is 1. The van der Waals surface area contributed by atoms with Crippen molar-refractivity contribution in [2.75, 3.05) is 12.4 Å².